The van der Waals surface area contributed by atoms with E-state index in [4.69, 9.17) is 14.5 Å². The van der Waals surface area contributed by atoms with Crippen LogP contribution in [0.5, 0.6) is 11.5 Å². The highest BCUT2D eigenvalue weighted by atomic mass is 16.6. The van der Waals surface area contributed by atoms with Gasteiger partial charge in [-0.1, -0.05) is 25.3 Å². The molecule has 1 aromatic carbocycles. The van der Waals surface area contributed by atoms with E-state index in [0.717, 1.165) is 48.6 Å². The lowest BCUT2D eigenvalue weighted by Crippen LogP contribution is -2.18. The van der Waals surface area contributed by atoms with Crippen molar-refractivity contribution in [2.24, 2.45) is 17.8 Å². The van der Waals surface area contributed by atoms with Gasteiger partial charge in [-0.3, -0.25) is 4.79 Å². The van der Waals surface area contributed by atoms with Gasteiger partial charge in [0.2, 0.25) is 0 Å². The number of carbonyl (C=O) groups excluding carboxylic acids is 1. The predicted molar refractivity (Wildman–Crippen MR) is 128 cm³/mol. The highest BCUT2D eigenvalue weighted by Gasteiger charge is 2.36. The summed E-state index contributed by atoms with van der Waals surface area (Å²) in [6.45, 7) is 1.11. The molecule has 6 rings (SSSR count). The smallest absolute Gasteiger partial charge is 0.163 e. The van der Waals surface area contributed by atoms with E-state index >= 15 is 0 Å². The molecule has 3 atom stereocenters. The highest BCUT2D eigenvalue weighted by Crippen LogP contribution is 2.47. The van der Waals surface area contributed by atoms with E-state index in [-0.39, 0.29) is 5.78 Å². The molecule has 4 aliphatic rings. The van der Waals surface area contributed by atoms with Crippen molar-refractivity contribution in [3.05, 3.63) is 47.1 Å². The highest BCUT2D eigenvalue weighted by molar-refractivity contribution is 5.96. The van der Waals surface area contributed by atoms with Crippen LogP contribution >= 0.6 is 0 Å². The summed E-state index contributed by atoms with van der Waals surface area (Å²) in [6.07, 6.45) is 16.0. The van der Waals surface area contributed by atoms with Crippen LogP contribution in [0.25, 0.3) is 6.08 Å². The van der Waals surface area contributed by atoms with Gasteiger partial charge in [-0.25, -0.2) is 4.98 Å². The lowest BCUT2D eigenvalue weighted by atomic mass is 9.80. The molecule has 1 aliphatic heterocycles. The summed E-state index contributed by atoms with van der Waals surface area (Å²) in [7, 11) is 0. The van der Waals surface area contributed by atoms with Crippen LogP contribution in [0.1, 0.15) is 91.3 Å². The fourth-order valence-electron chi connectivity index (χ4n) is 6.09. The molecule has 3 aliphatic carbocycles. The molecule has 0 saturated heterocycles. The summed E-state index contributed by atoms with van der Waals surface area (Å²) < 4.78 is 11.3. The third-order valence-corrected chi connectivity index (χ3v) is 8.03. The largest absolute Gasteiger partial charge is 0.486 e. The summed E-state index contributed by atoms with van der Waals surface area (Å²) in [4.78, 5) is 22.0. The first-order valence-electron chi connectivity index (χ1n) is 12.9. The number of carbonyl (C=O) groups is 1. The Balaban J connectivity index is 1.21. The van der Waals surface area contributed by atoms with Crippen molar-refractivity contribution < 1.29 is 14.3 Å². The second kappa shape index (κ2) is 9.00. The normalized spacial score (nSPS) is 26.5. The van der Waals surface area contributed by atoms with Gasteiger partial charge in [-0.15, -0.1) is 0 Å². The number of hydrogen-bond donors (Lipinski definition) is 1. The molecule has 1 aromatic heterocycles. The molecular formula is C28H34N2O3. The first-order chi connectivity index (χ1) is 16.2. The third-order valence-electron chi connectivity index (χ3n) is 8.03. The molecule has 0 spiro atoms. The van der Waals surface area contributed by atoms with Crippen molar-refractivity contribution in [1.82, 2.24) is 9.97 Å². The molecule has 174 valence electrons. The number of aryl methyl sites for hydroxylation is 1. The van der Waals surface area contributed by atoms with Crippen molar-refractivity contribution in [3.8, 4) is 11.5 Å². The lowest BCUT2D eigenvalue weighted by Gasteiger charge is -2.25. The number of aromatic amines is 1. The van der Waals surface area contributed by atoms with Gasteiger partial charge < -0.3 is 14.5 Å². The molecule has 2 saturated carbocycles. The first kappa shape index (κ1) is 21.0. The molecule has 2 heterocycles. The number of ether oxygens (including phenoxy) is 2. The van der Waals surface area contributed by atoms with Gasteiger partial charge in [-0.05, 0) is 80.6 Å². The first-order valence-corrected chi connectivity index (χ1v) is 12.9. The number of hydrogen-bond acceptors (Lipinski definition) is 4. The molecular weight excluding hydrogens is 412 g/mol. The van der Waals surface area contributed by atoms with Gasteiger partial charge in [-0.2, -0.15) is 0 Å². The van der Waals surface area contributed by atoms with Gasteiger partial charge in [0, 0.05) is 23.6 Å². The van der Waals surface area contributed by atoms with E-state index < -0.39 is 0 Å². The number of imidazole rings is 1. The summed E-state index contributed by atoms with van der Waals surface area (Å²) in [5.74, 6) is 5.27. The standard InChI is InChI=1S/C28H34N2O3/c31-25(21-10-11-26-27(17-21)33-13-12-32-26)16-19-4-3-5-20(14-18-8-9-18)22(15-19)28-29-23-6-1-2-7-24(23)30-28/h1,6,10-11,17-20,22H,2-5,7-9,12-16H2,(H,29,30)/t19?,20?,22-/m0/s1. The number of allylic oxidation sites excluding steroid dienone is 1. The van der Waals surface area contributed by atoms with E-state index in [1.165, 1.54) is 43.6 Å². The number of nitrogens with one attached hydrogen (secondary N) is 1. The Bertz CT molecular complexity index is 1050. The third kappa shape index (κ3) is 4.60. The molecule has 1 N–H and O–H groups in total. The van der Waals surface area contributed by atoms with Crippen LogP contribution < -0.4 is 9.47 Å². The van der Waals surface area contributed by atoms with Crippen LogP contribution in [0.2, 0.25) is 0 Å². The van der Waals surface area contributed by atoms with Gasteiger partial charge in [0.05, 0.1) is 5.69 Å². The average Bonchev–Trinajstić information content (AvgIpc) is 3.59. The maximum Gasteiger partial charge on any atom is 0.163 e. The minimum Gasteiger partial charge on any atom is -0.486 e. The van der Waals surface area contributed by atoms with Crippen LogP contribution in [0, 0.1) is 17.8 Å². The van der Waals surface area contributed by atoms with Crippen molar-refractivity contribution in [2.75, 3.05) is 13.2 Å². The molecule has 0 bridgehead atoms. The number of benzene rings is 1. The molecule has 2 aromatic rings. The Morgan fingerprint density at radius 2 is 1.94 bits per heavy atom. The Morgan fingerprint density at radius 1 is 1.06 bits per heavy atom. The Labute approximate surface area is 196 Å². The van der Waals surface area contributed by atoms with Gasteiger partial charge >= 0.3 is 0 Å². The van der Waals surface area contributed by atoms with Crippen LogP contribution in [0.3, 0.4) is 0 Å². The molecule has 2 unspecified atom stereocenters. The lowest BCUT2D eigenvalue weighted by molar-refractivity contribution is 0.0953. The van der Waals surface area contributed by atoms with E-state index in [1.54, 1.807) is 0 Å². The van der Waals surface area contributed by atoms with E-state index in [1.807, 2.05) is 18.2 Å². The number of rotatable bonds is 6. The maximum atomic E-state index is 13.3. The second-order valence-corrected chi connectivity index (χ2v) is 10.5. The number of aromatic nitrogens is 2. The van der Waals surface area contributed by atoms with Crippen LogP contribution in [0.15, 0.2) is 24.3 Å². The Kier molecular flexibility index (Phi) is 5.73. The second-order valence-electron chi connectivity index (χ2n) is 10.5. The topological polar surface area (TPSA) is 64.2 Å². The zero-order valence-electron chi connectivity index (χ0n) is 19.4. The van der Waals surface area contributed by atoms with Gasteiger partial charge in [0.15, 0.2) is 17.3 Å². The van der Waals surface area contributed by atoms with Gasteiger partial charge in [0.25, 0.3) is 0 Å². The zero-order chi connectivity index (χ0) is 22.2. The quantitative estimate of drug-likeness (QED) is 0.430. The average molecular weight is 447 g/mol. The molecule has 5 heteroatoms. The number of nitrogens with zero attached hydrogens (tertiary/aromatic N) is 1. The monoisotopic (exact) mass is 446 g/mol. The molecule has 5 nitrogen and oxygen atoms in total. The molecule has 0 radical (unpaired) electrons. The van der Waals surface area contributed by atoms with E-state index in [2.05, 4.69) is 17.1 Å². The fourth-order valence-corrected chi connectivity index (χ4v) is 6.09. The Morgan fingerprint density at radius 3 is 2.79 bits per heavy atom. The summed E-state index contributed by atoms with van der Waals surface area (Å²) in [5, 5.41) is 0. The van der Waals surface area contributed by atoms with Crippen molar-refractivity contribution >= 4 is 11.9 Å². The summed E-state index contributed by atoms with van der Waals surface area (Å²) >= 11 is 0. The number of Topliss-reactive ketones (excluding diaryl/α,β-unsaturated/α-hetero) is 1. The molecule has 33 heavy (non-hydrogen) atoms. The molecule has 2 fully saturated rings. The number of fused-ring (bicyclic) bond motifs is 2. The maximum absolute atomic E-state index is 13.3. The van der Waals surface area contributed by atoms with Crippen molar-refractivity contribution in [2.45, 2.75) is 70.1 Å². The van der Waals surface area contributed by atoms with Crippen molar-refractivity contribution in [3.63, 3.8) is 0 Å². The zero-order valence-corrected chi connectivity index (χ0v) is 19.4. The Hall–Kier alpha value is -2.56. The molecule has 0 amide bonds. The van der Waals surface area contributed by atoms with Crippen molar-refractivity contribution in [1.29, 1.82) is 0 Å². The number of H-pyrrole nitrogens is 1. The van der Waals surface area contributed by atoms with E-state index in [9.17, 15) is 4.79 Å². The fraction of sp³-hybridized carbons (Fsp3) is 0.571. The summed E-state index contributed by atoms with van der Waals surface area (Å²) in [5.41, 5.74) is 3.17. The van der Waals surface area contributed by atoms with Crippen LogP contribution in [-0.4, -0.2) is 29.0 Å². The van der Waals surface area contributed by atoms with Crippen LogP contribution in [-0.2, 0) is 6.42 Å². The van der Waals surface area contributed by atoms with E-state index in [0.29, 0.717) is 43.1 Å². The predicted octanol–water partition coefficient (Wildman–Crippen LogP) is 6.10. The minimum absolute atomic E-state index is 0.220. The van der Waals surface area contributed by atoms with Gasteiger partial charge in [0.1, 0.15) is 19.0 Å². The number of ketones is 1. The van der Waals surface area contributed by atoms with Crippen LogP contribution in [0.4, 0.5) is 0 Å². The SMILES string of the molecule is O=C(CC1CCCC(CC2CC2)[C@@H](c2nc3c([nH]2)CCC=C3)C1)c1ccc2c(c1)OCCO2. The minimum atomic E-state index is 0.220. The summed E-state index contributed by atoms with van der Waals surface area (Å²) in [6, 6.07) is 5.64.